The number of fused-ring (bicyclic) bond motifs is 1. The third kappa shape index (κ3) is 4.71. The van der Waals surface area contributed by atoms with Gasteiger partial charge in [0.15, 0.2) is 12.7 Å². The van der Waals surface area contributed by atoms with Gasteiger partial charge in [-0.3, -0.25) is 14.4 Å². The molecule has 0 aliphatic carbocycles. The number of hydrogen-bond donors (Lipinski definition) is 2. The van der Waals surface area contributed by atoms with Gasteiger partial charge in [0.2, 0.25) is 0 Å². The highest BCUT2D eigenvalue weighted by Crippen LogP contribution is 2.29. The van der Waals surface area contributed by atoms with Crippen LogP contribution in [-0.2, 0) is 19.1 Å². The summed E-state index contributed by atoms with van der Waals surface area (Å²) < 4.78 is 10.4. The second-order valence-electron chi connectivity index (χ2n) is 6.24. The quantitative estimate of drug-likeness (QED) is 0.771. The molecule has 0 aromatic heterocycles. The average molecular weight is 334 g/mol. The van der Waals surface area contributed by atoms with E-state index >= 15 is 0 Å². The van der Waals surface area contributed by atoms with Gasteiger partial charge in [-0.05, 0) is 32.4 Å². The Hall–Kier alpha value is -2.57. The van der Waals surface area contributed by atoms with Crippen LogP contribution >= 0.6 is 0 Å². The number of carbonyl (C=O) groups is 3. The lowest BCUT2D eigenvalue weighted by atomic mass is 10.0. The molecule has 0 radical (unpaired) electrons. The van der Waals surface area contributed by atoms with E-state index in [1.807, 2.05) is 20.8 Å². The van der Waals surface area contributed by atoms with Crippen molar-refractivity contribution in [1.29, 1.82) is 0 Å². The molecule has 2 rings (SSSR count). The van der Waals surface area contributed by atoms with Crippen LogP contribution in [-0.4, -0.2) is 36.0 Å². The molecule has 2 N–H and O–H groups in total. The molecule has 0 fully saturated rings. The SMILES string of the molecule is CCC(C)(C)NC(=O)COC(=O)C[C@@H]1Oc2ccccc2NC1=O. The van der Waals surface area contributed by atoms with Gasteiger partial charge in [0, 0.05) is 5.54 Å². The lowest BCUT2D eigenvalue weighted by molar-refractivity contribution is -0.151. The number of carbonyl (C=O) groups excluding carboxylic acids is 3. The summed E-state index contributed by atoms with van der Waals surface area (Å²) in [6.07, 6.45) is -0.477. The Morgan fingerprint density at radius 3 is 2.75 bits per heavy atom. The largest absolute Gasteiger partial charge is 0.478 e. The number of amides is 2. The second-order valence-corrected chi connectivity index (χ2v) is 6.24. The van der Waals surface area contributed by atoms with Crippen LogP contribution in [0.4, 0.5) is 5.69 Å². The van der Waals surface area contributed by atoms with Crippen LogP contribution < -0.4 is 15.4 Å². The maximum atomic E-state index is 11.9. The monoisotopic (exact) mass is 334 g/mol. The van der Waals surface area contributed by atoms with Crippen molar-refractivity contribution in [3.63, 3.8) is 0 Å². The van der Waals surface area contributed by atoms with E-state index in [1.165, 1.54) is 0 Å². The predicted octanol–water partition coefficient (Wildman–Crippen LogP) is 1.62. The molecule has 1 aliphatic heterocycles. The molecule has 0 bridgehead atoms. The van der Waals surface area contributed by atoms with Gasteiger partial charge in [-0.2, -0.15) is 0 Å². The van der Waals surface area contributed by atoms with Crippen molar-refractivity contribution >= 4 is 23.5 Å². The Bertz CT molecular complexity index is 642. The molecule has 0 unspecified atom stereocenters. The second kappa shape index (κ2) is 7.33. The van der Waals surface area contributed by atoms with E-state index in [2.05, 4.69) is 10.6 Å². The standard InChI is InChI=1S/C17H22N2O5/c1-4-17(2,3)19-14(20)10-23-15(21)9-13-16(22)18-11-7-5-6-8-12(11)24-13/h5-8,13H,4,9-10H2,1-3H3,(H,18,22)(H,19,20)/t13-/m0/s1. The molecule has 0 saturated heterocycles. The van der Waals surface area contributed by atoms with Crippen molar-refractivity contribution in [1.82, 2.24) is 5.32 Å². The fourth-order valence-corrected chi connectivity index (χ4v) is 2.09. The van der Waals surface area contributed by atoms with Crippen LogP contribution in [0.1, 0.15) is 33.6 Å². The fraction of sp³-hybridized carbons (Fsp3) is 0.471. The third-order valence-corrected chi connectivity index (χ3v) is 3.78. The van der Waals surface area contributed by atoms with E-state index in [-0.39, 0.29) is 24.5 Å². The van der Waals surface area contributed by atoms with Crippen LogP contribution in [0.15, 0.2) is 24.3 Å². The van der Waals surface area contributed by atoms with Crippen molar-refractivity contribution in [2.75, 3.05) is 11.9 Å². The summed E-state index contributed by atoms with van der Waals surface area (Å²) in [4.78, 5) is 35.5. The van der Waals surface area contributed by atoms with Gasteiger partial charge in [-0.1, -0.05) is 19.1 Å². The van der Waals surface area contributed by atoms with E-state index in [9.17, 15) is 14.4 Å². The Morgan fingerprint density at radius 1 is 1.33 bits per heavy atom. The lowest BCUT2D eigenvalue weighted by Gasteiger charge is -2.25. The molecule has 24 heavy (non-hydrogen) atoms. The number of esters is 1. The van der Waals surface area contributed by atoms with Gasteiger partial charge in [0.05, 0.1) is 12.1 Å². The van der Waals surface area contributed by atoms with Crippen LogP contribution in [0.2, 0.25) is 0 Å². The summed E-state index contributed by atoms with van der Waals surface area (Å²) in [6.45, 7) is 5.32. The van der Waals surface area contributed by atoms with Gasteiger partial charge in [-0.25, -0.2) is 0 Å². The number of rotatable bonds is 6. The number of hydrogen-bond acceptors (Lipinski definition) is 5. The first-order chi connectivity index (χ1) is 11.3. The van der Waals surface area contributed by atoms with Crippen LogP contribution in [0.5, 0.6) is 5.75 Å². The lowest BCUT2D eigenvalue weighted by Crippen LogP contribution is -2.45. The third-order valence-electron chi connectivity index (χ3n) is 3.78. The van der Waals surface area contributed by atoms with Crippen molar-refractivity contribution in [3.8, 4) is 5.75 Å². The van der Waals surface area contributed by atoms with Crippen molar-refractivity contribution < 1.29 is 23.9 Å². The van der Waals surface area contributed by atoms with Gasteiger partial charge >= 0.3 is 5.97 Å². The first-order valence-corrected chi connectivity index (χ1v) is 7.84. The molecular weight excluding hydrogens is 312 g/mol. The van der Waals surface area contributed by atoms with E-state index < -0.39 is 18.0 Å². The zero-order valence-electron chi connectivity index (χ0n) is 14.0. The molecule has 1 heterocycles. The Morgan fingerprint density at radius 2 is 2.04 bits per heavy atom. The average Bonchev–Trinajstić information content (AvgIpc) is 2.53. The Kier molecular flexibility index (Phi) is 5.43. The van der Waals surface area contributed by atoms with E-state index in [1.54, 1.807) is 24.3 Å². The molecule has 2 amide bonds. The number of benzene rings is 1. The molecule has 0 spiro atoms. The minimum absolute atomic E-state index is 0.259. The van der Waals surface area contributed by atoms with Crippen molar-refractivity contribution in [2.45, 2.75) is 45.3 Å². The number of nitrogens with one attached hydrogen (secondary N) is 2. The molecule has 7 nitrogen and oxygen atoms in total. The van der Waals surface area contributed by atoms with Gasteiger partial charge < -0.3 is 20.1 Å². The Labute approximate surface area is 140 Å². The molecule has 1 aliphatic rings. The van der Waals surface area contributed by atoms with Gasteiger partial charge in [0.1, 0.15) is 5.75 Å². The van der Waals surface area contributed by atoms with E-state index in [4.69, 9.17) is 9.47 Å². The minimum atomic E-state index is -0.970. The maximum absolute atomic E-state index is 11.9. The smallest absolute Gasteiger partial charge is 0.310 e. The molecule has 7 heteroatoms. The normalized spacial score (nSPS) is 16.5. The highest BCUT2D eigenvalue weighted by Gasteiger charge is 2.30. The van der Waals surface area contributed by atoms with Gasteiger partial charge in [0.25, 0.3) is 11.8 Å². The van der Waals surface area contributed by atoms with Gasteiger partial charge in [-0.15, -0.1) is 0 Å². The summed E-state index contributed by atoms with van der Waals surface area (Å²) >= 11 is 0. The van der Waals surface area contributed by atoms with Crippen molar-refractivity contribution in [3.05, 3.63) is 24.3 Å². The number of ether oxygens (including phenoxy) is 2. The molecule has 0 saturated carbocycles. The highest BCUT2D eigenvalue weighted by molar-refractivity contribution is 5.99. The van der Waals surface area contributed by atoms with E-state index in [0.29, 0.717) is 11.4 Å². The molecule has 1 aromatic rings. The zero-order valence-corrected chi connectivity index (χ0v) is 14.0. The fourth-order valence-electron chi connectivity index (χ4n) is 2.09. The molecular formula is C17H22N2O5. The first kappa shape index (κ1) is 17.8. The summed E-state index contributed by atoms with van der Waals surface area (Å²) in [7, 11) is 0. The predicted molar refractivity (Wildman–Crippen MR) is 87.6 cm³/mol. The summed E-state index contributed by atoms with van der Waals surface area (Å²) in [5.74, 6) is -0.965. The summed E-state index contributed by atoms with van der Waals surface area (Å²) in [5, 5.41) is 5.43. The summed E-state index contributed by atoms with van der Waals surface area (Å²) in [6, 6.07) is 6.95. The molecule has 130 valence electrons. The van der Waals surface area contributed by atoms with Crippen LogP contribution in [0.3, 0.4) is 0 Å². The number of anilines is 1. The van der Waals surface area contributed by atoms with Crippen LogP contribution in [0.25, 0.3) is 0 Å². The number of para-hydroxylation sites is 2. The molecule has 1 atom stereocenters. The van der Waals surface area contributed by atoms with Crippen molar-refractivity contribution in [2.24, 2.45) is 0 Å². The highest BCUT2D eigenvalue weighted by atomic mass is 16.5. The van der Waals surface area contributed by atoms with Crippen LogP contribution in [0, 0.1) is 0 Å². The topological polar surface area (TPSA) is 93.7 Å². The van der Waals surface area contributed by atoms with E-state index in [0.717, 1.165) is 6.42 Å². The summed E-state index contributed by atoms with van der Waals surface area (Å²) in [5.41, 5.74) is 0.202. The Balaban J connectivity index is 1.83. The zero-order chi connectivity index (χ0) is 17.7. The molecule has 1 aromatic carbocycles. The first-order valence-electron chi connectivity index (χ1n) is 7.84. The maximum Gasteiger partial charge on any atom is 0.310 e. The minimum Gasteiger partial charge on any atom is -0.478 e.